The maximum Gasteiger partial charge on any atom is 0.186 e. The standard InChI is InChI=1S/C11H17FN4/c1-7-3-9(4-13)5-16(7)11-10(12)8(2)14-6-15-11/h6-7,9H,3-5,13H2,1-2H3. The van der Waals surface area contributed by atoms with E-state index in [0.717, 1.165) is 13.0 Å². The molecule has 1 aromatic heterocycles. The van der Waals surface area contributed by atoms with E-state index in [9.17, 15) is 4.39 Å². The molecule has 88 valence electrons. The van der Waals surface area contributed by atoms with E-state index < -0.39 is 0 Å². The summed E-state index contributed by atoms with van der Waals surface area (Å²) in [5.41, 5.74) is 6.05. The van der Waals surface area contributed by atoms with Gasteiger partial charge in [-0.25, -0.2) is 14.4 Å². The van der Waals surface area contributed by atoms with Crippen LogP contribution in [0, 0.1) is 18.7 Å². The Balaban J connectivity index is 2.28. The van der Waals surface area contributed by atoms with E-state index in [-0.39, 0.29) is 11.9 Å². The monoisotopic (exact) mass is 224 g/mol. The molecule has 1 fully saturated rings. The predicted molar refractivity (Wildman–Crippen MR) is 60.7 cm³/mol. The molecule has 1 aliphatic heterocycles. The average molecular weight is 224 g/mol. The molecule has 16 heavy (non-hydrogen) atoms. The van der Waals surface area contributed by atoms with Gasteiger partial charge in [-0.3, -0.25) is 0 Å². The molecule has 2 atom stereocenters. The van der Waals surface area contributed by atoms with Gasteiger partial charge in [-0.2, -0.15) is 0 Å². The molecule has 1 aromatic rings. The lowest BCUT2D eigenvalue weighted by atomic mass is 10.1. The molecule has 0 bridgehead atoms. The zero-order valence-corrected chi connectivity index (χ0v) is 9.65. The Bertz CT molecular complexity index is 382. The summed E-state index contributed by atoms with van der Waals surface area (Å²) in [6.07, 6.45) is 2.41. The number of rotatable bonds is 2. The summed E-state index contributed by atoms with van der Waals surface area (Å²) >= 11 is 0. The number of nitrogens with zero attached hydrogens (tertiary/aromatic N) is 3. The molecule has 0 aromatic carbocycles. The molecule has 0 amide bonds. The molecule has 4 nitrogen and oxygen atoms in total. The maximum atomic E-state index is 13.9. The van der Waals surface area contributed by atoms with Gasteiger partial charge in [0.15, 0.2) is 11.6 Å². The lowest BCUT2D eigenvalue weighted by Gasteiger charge is -2.23. The van der Waals surface area contributed by atoms with Gasteiger partial charge in [-0.1, -0.05) is 0 Å². The van der Waals surface area contributed by atoms with E-state index in [2.05, 4.69) is 16.9 Å². The molecule has 0 radical (unpaired) electrons. The molecule has 0 spiro atoms. The first-order valence-corrected chi connectivity index (χ1v) is 5.57. The van der Waals surface area contributed by atoms with Gasteiger partial charge in [0.05, 0.1) is 5.69 Å². The van der Waals surface area contributed by atoms with Crippen molar-refractivity contribution in [1.29, 1.82) is 0 Å². The Morgan fingerprint density at radius 2 is 2.31 bits per heavy atom. The van der Waals surface area contributed by atoms with E-state index >= 15 is 0 Å². The van der Waals surface area contributed by atoms with Crippen LogP contribution >= 0.6 is 0 Å². The van der Waals surface area contributed by atoms with Crippen molar-refractivity contribution in [3.63, 3.8) is 0 Å². The molecular formula is C11H17FN4. The minimum absolute atomic E-state index is 0.289. The minimum Gasteiger partial charge on any atom is -0.351 e. The first-order chi connectivity index (χ1) is 7.63. The number of anilines is 1. The van der Waals surface area contributed by atoms with Crippen LogP contribution in [-0.2, 0) is 0 Å². The van der Waals surface area contributed by atoms with Crippen molar-refractivity contribution < 1.29 is 4.39 Å². The summed E-state index contributed by atoms with van der Waals surface area (Å²) in [5, 5.41) is 0. The van der Waals surface area contributed by atoms with Crippen LogP contribution in [-0.4, -0.2) is 29.1 Å². The van der Waals surface area contributed by atoms with E-state index in [0.29, 0.717) is 24.0 Å². The molecule has 2 heterocycles. The van der Waals surface area contributed by atoms with Crippen LogP contribution in [0.4, 0.5) is 10.2 Å². The lowest BCUT2D eigenvalue weighted by Crippen LogP contribution is -2.29. The zero-order chi connectivity index (χ0) is 11.7. The van der Waals surface area contributed by atoms with Crippen molar-refractivity contribution in [3.8, 4) is 0 Å². The number of aromatic nitrogens is 2. The smallest absolute Gasteiger partial charge is 0.186 e. The average Bonchev–Trinajstić information content (AvgIpc) is 2.64. The molecular weight excluding hydrogens is 207 g/mol. The number of aryl methyl sites for hydroxylation is 1. The Kier molecular flexibility index (Phi) is 3.05. The van der Waals surface area contributed by atoms with Crippen LogP contribution in [0.5, 0.6) is 0 Å². The van der Waals surface area contributed by atoms with Gasteiger partial charge in [0.25, 0.3) is 0 Å². The largest absolute Gasteiger partial charge is 0.351 e. The molecule has 1 saturated heterocycles. The first-order valence-electron chi connectivity index (χ1n) is 5.57. The van der Waals surface area contributed by atoms with E-state index in [4.69, 9.17) is 5.73 Å². The van der Waals surface area contributed by atoms with Gasteiger partial charge in [-0.15, -0.1) is 0 Å². The quantitative estimate of drug-likeness (QED) is 0.817. The first kappa shape index (κ1) is 11.3. The number of hydrogen-bond acceptors (Lipinski definition) is 4. The molecule has 2 rings (SSSR count). The van der Waals surface area contributed by atoms with E-state index in [1.165, 1.54) is 6.33 Å². The summed E-state index contributed by atoms with van der Waals surface area (Å²) < 4.78 is 13.9. The Hall–Kier alpha value is -1.23. The van der Waals surface area contributed by atoms with Gasteiger partial charge in [0.2, 0.25) is 0 Å². The molecule has 5 heteroatoms. The fourth-order valence-corrected chi connectivity index (χ4v) is 2.25. The molecule has 0 aliphatic carbocycles. The second kappa shape index (κ2) is 4.33. The van der Waals surface area contributed by atoms with Gasteiger partial charge < -0.3 is 10.6 Å². The Morgan fingerprint density at radius 1 is 1.56 bits per heavy atom. The predicted octanol–water partition coefficient (Wildman–Crippen LogP) is 1.10. The highest BCUT2D eigenvalue weighted by Gasteiger charge is 2.31. The fraction of sp³-hybridized carbons (Fsp3) is 0.636. The van der Waals surface area contributed by atoms with Crippen molar-refractivity contribution in [2.24, 2.45) is 11.7 Å². The Morgan fingerprint density at radius 3 is 2.94 bits per heavy atom. The van der Waals surface area contributed by atoms with Crippen molar-refractivity contribution in [1.82, 2.24) is 9.97 Å². The zero-order valence-electron chi connectivity index (χ0n) is 9.65. The third-order valence-electron chi connectivity index (χ3n) is 3.21. The van der Waals surface area contributed by atoms with Crippen LogP contribution in [0.2, 0.25) is 0 Å². The van der Waals surface area contributed by atoms with Crippen LogP contribution in [0.3, 0.4) is 0 Å². The SMILES string of the molecule is Cc1ncnc(N2CC(CN)CC2C)c1F. The van der Waals surface area contributed by atoms with Gasteiger partial charge in [0, 0.05) is 12.6 Å². The highest BCUT2D eigenvalue weighted by molar-refractivity contribution is 5.43. The summed E-state index contributed by atoms with van der Waals surface area (Å²) in [5.74, 6) is 0.535. The maximum absolute atomic E-state index is 13.9. The molecule has 0 saturated carbocycles. The Labute approximate surface area is 94.7 Å². The summed E-state index contributed by atoms with van der Waals surface area (Å²) in [6, 6.07) is 0.289. The number of halogens is 1. The van der Waals surface area contributed by atoms with Crippen LogP contribution in [0.25, 0.3) is 0 Å². The summed E-state index contributed by atoms with van der Waals surface area (Å²) in [4.78, 5) is 9.86. The number of hydrogen-bond donors (Lipinski definition) is 1. The van der Waals surface area contributed by atoms with Crippen LogP contribution in [0.1, 0.15) is 19.0 Å². The van der Waals surface area contributed by atoms with Gasteiger partial charge in [0.1, 0.15) is 6.33 Å². The minimum atomic E-state index is -0.313. The van der Waals surface area contributed by atoms with Crippen LogP contribution < -0.4 is 10.6 Å². The van der Waals surface area contributed by atoms with Crippen molar-refractivity contribution in [2.45, 2.75) is 26.3 Å². The van der Waals surface area contributed by atoms with Crippen LogP contribution in [0.15, 0.2) is 6.33 Å². The highest BCUT2D eigenvalue weighted by Crippen LogP contribution is 2.29. The van der Waals surface area contributed by atoms with E-state index in [1.54, 1.807) is 6.92 Å². The third kappa shape index (κ3) is 1.87. The molecule has 2 unspecified atom stereocenters. The van der Waals surface area contributed by atoms with Crippen molar-refractivity contribution >= 4 is 5.82 Å². The highest BCUT2D eigenvalue weighted by atomic mass is 19.1. The van der Waals surface area contributed by atoms with Gasteiger partial charge in [-0.05, 0) is 32.7 Å². The third-order valence-corrected chi connectivity index (χ3v) is 3.21. The molecule has 2 N–H and O–H groups in total. The second-order valence-electron chi connectivity index (χ2n) is 4.44. The molecule has 1 aliphatic rings. The van der Waals surface area contributed by atoms with Gasteiger partial charge >= 0.3 is 0 Å². The van der Waals surface area contributed by atoms with Crippen molar-refractivity contribution in [3.05, 3.63) is 17.8 Å². The van der Waals surface area contributed by atoms with Crippen molar-refractivity contribution in [2.75, 3.05) is 18.0 Å². The summed E-state index contributed by atoms with van der Waals surface area (Å²) in [7, 11) is 0. The normalized spacial score (nSPS) is 25.1. The summed E-state index contributed by atoms with van der Waals surface area (Å²) in [6.45, 7) is 5.16. The lowest BCUT2D eigenvalue weighted by molar-refractivity contribution is 0.579. The van der Waals surface area contributed by atoms with E-state index in [1.807, 2.05) is 4.90 Å². The topological polar surface area (TPSA) is 55.0 Å². The second-order valence-corrected chi connectivity index (χ2v) is 4.44. The fourth-order valence-electron chi connectivity index (χ4n) is 2.25. The number of nitrogens with two attached hydrogens (primary N) is 1.